The van der Waals surface area contributed by atoms with Crippen molar-refractivity contribution in [3.63, 3.8) is 0 Å². The Hall–Kier alpha value is -1.64. The summed E-state index contributed by atoms with van der Waals surface area (Å²) in [7, 11) is -3.49. The summed E-state index contributed by atoms with van der Waals surface area (Å²) in [6.45, 7) is 7.22. The van der Waals surface area contributed by atoms with E-state index >= 15 is 0 Å². The molecule has 3 N–H and O–H groups in total. The van der Waals surface area contributed by atoms with E-state index in [0.717, 1.165) is 5.56 Å². The molecule has 1 aromatic rings. The van der Waals surface area contributed by atoms with E-state index in [0.29, 0.717) is 43.9 Å². The fourth-order valence-corrected chi connectivity index (χ4v) is 4.31. The van der Waals surface area contributed by atoms with Crippen LogP contribution in [0.5, 0.6) is 0 Å². The van der Waals surface area contributed by atoms with Gasteiger partial charge in [-0.05, 0) is 57.2 Å². The van der Waals surface area contributed by atoms with E-state index in [-0.39, 0.29) is 5.92 Å². The van der Waals surface area contributed by atoms with Gasteiger partial charge in [0.1, 0.15) is 5.60 Å². The highest BCUT2D eigenvalue weighted by molar-refractivity contribution is 7.89. The minimum Gasteiger partial charge on any atom is -0.444 e. The fraction of sp³-hybridized carbons (Fsp3) is 0.611. The molecule has 8 heteroatoms. The quantitative estimate of drug-likeness (QED) is 0.810. The van der Waals surface area contributed by atoms with Gasteiger partial charge in [0.15, 0.2) is 0 Å². The summed E-state index contributed by atoms with van der Waals surface area (Å²) < 4.78 is 32.2. The molecule has 1 saturated heterocycles. The molecule has 26 heavy (non-hydrogen) atoms. The molecule has 0 spiro atoms. The second kappa shape index (κ2) is 8.37. The number of amides is 1. The third-order valence-electron chi connectivity index (χ3n) is 4.30. The molecule has 1 heterocycles. The number of nitrogens with one attached hydrogen (secondary N) is 1. The van der Waals surface area contributed by atoms with Gasteiger partial charge < -0.3 is 15.8 Å². The van der Waals surface area contributed by atoms with E-state index in [1.54, 1.807) is 24.3 Å². The molecule has 1 fully saturated rings. The molecule has 1 aromatic carbocycles. The molecule has 0 saturated carbocycles. The predicted molar refractivity (Wildman–Crippen MR) is 100 cm³/mol. The first kappa shape index (κ1) is 20.7. The monoisotopic (exact) mass is 383 g/mol. The normalized spacial score (nSPS) is 17.1. The van der Waals surface area contributed by atoms with E-state index < -0.39 is 21.7 Å². The summed E-state index contributed by atoms with van der Waals surface area (Å²) >= 11 is 0. The topological polar surface area (TPSA) is 102 Å². The van der Waals surface area contributed by atoms with Crippen LogP contribution in [0.4, 0.5) is 4.79 Å². The molecule has 7 nitrogen and oxygen atoms in total. The van der Waals surface area contributed by atoms with Crippen LogP contribution < -0.4 is 11.1 Å². The third-order valence-corrected chi connectivity index (χ3v) is 6.22. The minimum atomic E-state index is -3.49. The molecule has 0 aliphatic carbocycles. The summed E-state index contributed by atoms with van der Waals surface area (Å²) in [6.07, 6.45) is 0.971. The maximum Gasteiger partial charge on any atom is 0.407 e. The number of hydrogen-bond acceptors (Lipinski definition) is 5. The van der Waals surface area contributed by atoms with Crippen molar-refractivity contribution in [3.8, 4) is 0 Å². The van der Waals surface area contributed by atoms with Crippen molar-refractivity contribution < 1.29 is 17.9 Å². The van der Waals surface area contributed by atoms with Crippen molar-refractivity contribution >= 4 is 16.1 Å². The number of ether oxygens (including phenoxy) is 1. The molecule has 1 amide bonds. The summed E-state index contributed by atoms with van der Waals surface area (Å²) in [6, 6.07) is 6.69. The van der Waals surface area contributed by atoms with E-state index in [1.807, 2.05) is 20.8 Å². The van der Waals surface area contributed by atoms with Crippen molar-refractivity contribution in [2.24, 2.45) is 11.7 Å². The molecular weight excluding hydrogens is 354 g/mol. The number of hydrogen-bond donors (Lipinski definition) is 2. The highest BCUT2D eigenvalue weighted by Crippen LogP contribution is 2.24. The number of carbonyl (C=O) groups is 1. The number of piperidine rings is 1. The van der Waals surface area contributed by atoms with E-state index in [9.17, 15) is 13.2 Å². The van der Waals surface area contributed by atoms with Crippen LogP contribution in [0.15, 0.2) is 29.2 Å². The van der Waals surface area contributed by atoms with Crippen molar-refractivity contribution in [1.82, 2.24) is 9.62 Å². The number of sulfonamides is 1. The summed E-state index contributed by atoms with van der Waals surface area (Å²) in [5.74, 6) is 0.244. The smallest absolute Gasteiger partial charge is 0.407 e. The molecule has 0 unspecified atom stereocenters. The molecule has 146 valence electrons. The van der Waals surface area contributed by atoms with Crippen molar-refractivity contribution in [1.29, 1.82) is 0 Å². The van der Waals surface area contributed by atoms with Gasteiger partial charge in [-0.1, -0.05) is 12.1 Å². The van der Waals surface area contributed by atoms with Crippen LogP contribution in [0.3, 0.4) is 0 Å². The Morgan fingerprint density at radius 1 is 1.23 bits per heavy atom. The van der Waals surface area contributed by atoms with Gasteiger partial charge in [-0.2, -0.15) is 4.31 Å². The summed E-state index contributed by atoms with van der Waals surface area (Å²) in [5, 5.41) is 2.77. The Morgan fingerprint density at radius 3 is 2.31 bits per heavy atom. The highest BCUT2D eigenvalue weighted by atomic mass is 32.2. The van der Waals surface area contributed by atoms with Crippen LogP contribution in [0.1, 0.15) is 39.2 Å². The Bertz CT molecular complexity index is 703. The lowest BCUT2D eigenvalue weighted by atomic mass is 9.98. The molecule has 0 aromatic heterocycles. The van der Waals surface area contributed by atoms with E-state index in [2.05, 4.69) is 5.32 Å². The maximum absolute atomic E-state index is 12.7. The second-order valence-electron chi connectivity index (χ2n) is 7.58. The number of benzene rings is 1. The van der Waals surface area contributed by atoms with Gasteiger partial charge in [0.2, 0.25) is 10.0 Å². The van der Waals surface area contributed by atoms with Crippen LogP contribution >= 0.6 is 0 Å². The Labute approximate surface area is 155 Å². The molecule has 0 atom stereocenters. The van der Waals surface area contributed by atoms with Crippen LogP contribution in [-0.4, -0.2) is 44.1 Å². The zero-order valence-electron chi connectivity index (χ0n) is 15.7. The number of alkyl carbamates (subject to hydrolysis) is 1. The molecule has 0 radical (unpaired) electrons. The maximum atomic E-state index is 12.7. The van der Waals surface area contributed by atoms with Crippen LogP contribution in [0, 0.1) is 5.92 Å². The SMILES string of the molecule is CC(C)(C)OC(=O)NCC1CCN(S(=O)(=O)c2ccc(CN)cc2)CC1. The van der Waals surface area contributed by atoms with Gasteiger partial charge in [-0.15, -0.1) is 0 Å². The summed E-state index contributed by atoms with van der Waals surface area (Å²) in [4.78, 5) is 12.0. The minimum absolute atomic E-state index is 0.244. The number of nitrogens with zero attached hydrogens (tertiary/aromatic N) is 1. The lowest BCUT2D eigenvalue weighted by molar-refractivity contribution is 0.0513. The zero-order valence-corrected chi connectivity index (χ0v) is 16.5. The molecular formula is C18H29N3O4S. The van der Waals surface area contributed by atoms with Crippen molar-refractivity contribution in [2.45, 2.75) is 50.7 Å². The average Bonchev–Trinajstić information content (AvgIpc) is 2.59. The van der Waals surface area contributed by atoms with Gasteiger partial charge >= 0.3 is 6.09 Å². The average molecular weight is 384 g/mol. The summed E-state index contributed by atoms with van der Waals surface area (Å²) in [5.41, 5.74) is 5.92. The van der Waals surface area contributed by atoms with Crippen LogP contribution in [0.25, 0.3) is 0 Å². The number of nitrogens with two attached hydrogens (primary N) is 1. The largest absolute Gasteiger partial charge is 0.444 e. The zero-order chi connectivity index (χ0) is 19.4. The predicted octanol–water partition coefficient (Wildman–Crippen LogP) is 2.07. The van der Waals surface area contributed by atoms with Gasteiger partial charge in [0.25, 0.3) is 0 Å². The first-order valence-corrected chi connectivity index (χ1v) is 10.3. The van der Waals surface area contributed by atoms with Crippen molar-refractivity contribution in [3.05, 3.63) is 29.8 Å². The molecule has 0 bridgehead atoms. The fourth-order valence-electron chi connectivity index (χ4n) is 2.84. The highest BCUT2D eigenvalue weighted by Gasteiger charge is 2.29. The standard InChI is InChI=1S/C18H29N3O4S/c1-18(2,3)25-17(22)20-13-15-8-10-21(11-9-15)26(23,24)16-6-4-14(12-19)5-7-16/h4-7,15H,8-13,19H2,1-3H3,(H,20,22). The van der Waals surface area contributed by atoms with E-state index in [1.165, 1.54) is 4.31 Å². The van der Waals surface area contributed by atoms with Crippen LogP contribution in [-0.2, 0) is 21.3 Å². The third kappa shape index (κ3) is 5.69. The number of rotatable bonds is 5. The Kier molecular flexibility index (Phi) is 6.65. The molecule has 1 aliphatic heterocycles. The van der Waals surface area contributed by atoms with Gasteiger partial charge in [0, 0.05) is 26.2 Å². The van der Waals surface area contributed by atoms with Gasteiger partial charge in [-0.3, -0.25) is 0 Å². The first-order valence-electron chi connectivity index (χ1n) is 8.88. The van der Waals surface area contributed by atoms with E-state index in [4.69, 9.17) is 10.5 Å². The van der Waals surface area contributed by atoms with Crippen molar-refractivity contribution in [2.75, 3.05) is 19.6 Å². The Morgan fingerprint density at radius 2 is 1.81 bits per heavy atom. The molecule has 2 rings (SSSR count). The van der Waals surface area contributed by atoms with Gasteiger partial charge in [-0.25, -0.2) is 13.2 Å². The van der Waals surface area contributed by atoms with Crippen LogP contribution in [0.2, 0.25) is 0 Å². The van der Waals surface area contributed by atoms with Gasteiger partial charge in [0.05, 0.1) is 4.90 Å². The Balaban J connectivity index is 1.86. The first-order chi connectivity index (χ1) is 12.1. The lowest BCUT2D eigenvalue weighted by Gasteiger charge is -2.31. The lowest BCUT2D eigenvalue weighted by Crippen LogP contribution is -2.42. The number of carbonyl (C=O) groups excluding carboxylic acids is 1. The second-order valence-corrected chi connectivity index (χ2v) is 9.52. The molecule has 1 aliphatic rings.